The minimum absolute atomic E-state index is 0. The van der Waals surface area contributed by atoms with Crippen LogP contribution in [0.3, 0.4) is 0 Å². The van der Waals surface area contributed by atoms with Crippen molar-refractivity contribution in [2.75, 3.05) is 28.4 Å². The molecule has 0 radical (unpaired) electrons. The van der Waals surface area contributed by atoms with Gasteiger partial charge in [0, 0.05) is 16.5 Å². The van der Waals surface area contributed by atoms with Crippen LogP contribution in [0.25, 0.3) is 32.9 Å². The van der Waals surface area contributed by atoms with E-state index in [4.69, 9.17) is 39.5 Å². The first-order valence-electron chi connectivity index (χ1n) is 19.0. The van der Waals surface area contributed by atoms with E-state index in [-0.39, 0.29) is 28.6 Å². The van der Waals surface area contributed by atoms with Gasteiger partial charge in [0.15, 0.2) is 0 Å². The first-order valence-corrected chi connectivity index (χ1v) is 19.0. The van der Waals surface area contributed by atoms with Crippen molar-refractivity contribution in [3.05, 3.63) is 188 Å². The molecule has 57 heavy (non-hydrogen) atoms. The Labute approximate surface area is 343 Å². The predicted octanol–water partition coefficient (Wildman–Crippen LogP) is 8.34. The van der Waals surface area contributed by atoms with E-state index in [1.54, 1.807) is 28.4 Å². The summed E-state index contributed by atoms with van der Waals surface area (Å²) in [5, 5.41) is 12.9. The van der Waals surface area contributed by atoms with Gasteiger partial charge in [-0.1, -0.05) is 120 Å². The Bertz CT molecular complexity index is 2390. The number of hydrogen-bond acceptors (Lipinski definition) is 4. The second kappa shape index (κ2) is 16.2. The quantitative estimate of drug-likeness (QED) is 0.144. The molecule has 2 unspecified atom stereocenters. The zero-order chi connectivity index (χ0) is 38.2. The molecule has 2 atom stereocenters. The van der Waals surface area contributed by atoms with Crippen LogP contribution in [-0.4, -0.2) is 40.5 Å². The second-order valence-corrected chi connectivity index (χ2v) is 14.2. The maximum atomic E-state index is 5.55. The standard InChI is InChI=1S/C48H42N4O4.Ni/c1-53-33-13-5-29(6-14-33)45-37-21-23-39(49-37)46(30-7-15-34(54-2)16-8-30)41-25-27-43(51-41)48(32-11-19-36(56-4)20-12-32)44-28-26-42(52-44)47(40-24-22-38(45)50-40)31-9-17-35(55-3)18-10-31;/h5-21,23,26,28,38,41H,22,24-25,27H2,1-4H3;/q-4;/b45-37-,46-39-,47-40-,48-43-;. The van der Waals surface area contributed by atoms with Gasteiger partial charge >= 0.3 is 0 Å². The fourth-order valence-corrected chi connectivity index (χ4v) is 8.28. The molecule has 8 nitrogen and oxygen atoms in total. The third-order valence-corrected chi connectivity index (χ3v) is 11.1. The van der Waals surface area contributed by atoms with Crippen molar-refractivity contribution in [2.45, 2.75) is 37.8 Å². The fourth-order valence-electron chi connectivity index (χ4n) is 8.28. The van der Waals surface area contributed by atoms with Gasteiger partial charge in [-0.2, -0.15) is 11.4 Å². The van der Waals surface area contributed by atoms with Crippen LogP contribution in [-0.2, 0) is 16.5 Å². The molecule has 9 rings (SSSR count). The van der Waals surface area contributed by atoms with Crippen molar-refractivity contribution < 1.29 is 35.4 Å². The average Bonchev–Trinajstić information content (AvgIpc) is 4.10. The van der Waals surface area contributed by atoms with E-state index in [2.05, 4.69) is 72.8 Å². The number of nitrogens with zero attached hydrogens (tertiary/aromatic N) is 4. The number of fused-ring (bicyclic) bond motifs is 8. The van der Waals surface area contributed by atoms with E-state index in [1.807, 2.05) is 48.5 Å². The number of benzene rings is 4. The predicted molar refractivity (Wildman–Crippen MR) is 221 cm³/mol. The van der Waals surface area contributed by atoms with Gasteiger partial charge in [-0.3, -0.25) is 0 Å². The van der Waals surface area contributed by atoms with Gasteiger partial charge in [-0.15, -0.1) is 22.1 Å². The minimum atomic E-state index is -0.126. The molecule has 9 heteroatoms. The van der Waals surface area contributed by atoms with Crippen LogP contribution >= 0.6 is 0 Å². The molecular formula is C48H42N4NiO4-4. The molecule has 0 amide bonds. The zero-order valence-electron chi connectivity index (χ0n) is 32.3. The van der Waals surface area contributed by atoms with Crippen LogP contribution < -0.4 is 39.6 Å². The maximum Gasteiger partial charge on any atom is 0.118 e. The SMILES string of the molecule is COc1ccc(/C2=C3\CCC([N-]3)/C(c3ccc(OC)cc3)=c3/cc/c([n-]3)=C(\c3ccc(OC)cc3)C3CC/C(=C(\c4ccc(OC)cc4)c4ccc2[n-]4)[N-]3)cc1.[Ni]. The van der Waals surface area contributed by atoms with E-state index < -0.39 is 0 Å². The van der Waals surface area contributed by atoms with Gasteiger partial charge in [0.25, 0.3) is 0 Å². The van der Waals surface area contributed by atoms with Gasteiger partial charge in [0.2, 0.25) is 0 Å². The van der Waals surface area contributed by atoms with Crippen molar-refractivity contribution in [1.82, 2.24) is 9.97 Å². The van der Waals surface area contributed by atoms with E-state index in [9.17, 15) is 0 Å². The Morgan fingerprint density at radius 1 is 0.404 bits per heavy atom. The number of allylic oxidation sites excluding steroid dienone is 2. The summed E-state index contributed by atoms with van der Waals surface area (Å²) in [6.07, 6.45) is 3.24. The van der Waals surface area contributed by atoms with Crippen molar-refractivity contribution in [3.63, 3.8) is 0 Å². The Hall–Kier alpha value is -6.05. The van der Waals surface area contributed by atoms with Gasteiger partial charge in [-0.05, 0) is 83.6 Å². The molecule has 2 saturated heterocycles. The van der Waals surface area contributed by atoms with Gasteiger partial charge in [-0.25, -0.2) is 0 Å². The van der Waals surface area contributed by atoms with Crippen molar-refractivity contribution >= 4 is 22.3 Å². The van der Waals surface area contributed by atoms with Gasteiger partial charge < -0.3 is 39.5 Å². The molecule has 8 bridgehead atoms. The summed E-state index contributed by atoms with van der Waals surface area (Å²) in [6.45, 7) is 0. The molecule has 4 aromatic carbocycles. The van der Waals surface area contributed by atoms with Crippen molar-refractivity contribution in [2.24, 2.45) is 0 Å². The first kappa shape index (κ1) is 37.9. The molecule has 2 aromatic heterocycles. The summed E-state index contributed by atoms with van der Waals surface area (Å²) in [7, 11) is 6.76. The van der Waals surface area contributed by atoms with E-state index in [1.165, 1.54) is 0 Å². The topological polar surface area (TPSA) is 93.3 Å². The third-order valence-electron chi connectivity index (χ3n) is 11.1. The Morgan fingerprint density at radius 3 is 1.07 bits per heavy atom. The number of hydrogen-bond donors (Lipinski definition) is 0. The summed E-state index contributed by atoms with van der Waals surface area (Å²) < 4.78 is 22.2. The smallest absolute Gasteiger partial charge is 0.118 e. The Kier molecular flexibility index (Phi) is 10.8. The number of aromatic nitrogens is 2. The molecule has 6 aromatic rings. The van der Waals surface area contributed by atoms with E-state index in [0.717, 1.165) is 127 Å². The van der Waals surface area contributed by atoms with Crippen LogP contribution in [0.1, 0.15) is 59.3 Å². The summed E-state index contributed by atoms with van der Waals surface area (Å²) in [5.74, 6) is 3.21. The number of ether oxygens (including phenoxy) is 4. The Morgan fingerprint density at radius 2 is 0.737 bits per heavy atom. The molecule has 3 aliphatic rings. The maximum absolute atomic E-state index is 5.55. The van der Waals surface area contributed by atoms with Crippen molar-refractivity contribution in [1.29, 1.82) is 0 Å². The molecule has 0 spiro atoms. The van der Waals surface area contributed by atoms with Crippen LogP contribution in [0.4, 0.5) is 0 Å². The zero-order valence-corrected chi connectivity index (χ0v) is 33.3. The van der Waals surface area contributed by atoms with Crippen molar-refractivity contribution in [3.8, 4) is 23.0 Å². The van der Waals surface area contributed by atoms with E-state index >= 15 is 0 Å². The minimum Gasteiger partial charge on any atom is -0.681 e. The molecule has 0 aliphatic carbocycles. The molecule has 0 N–H and O–H groups in total. The summed E-state index contributed by atoms with van der Waals surface area (Å²) in [6, 6.07) is 41.2. The molecule has 5 heterocycles. The summed E-state index contributed by atoms with van der Waals surface area (Å²) >= 11 is 0. The average molecular weight is 798 g/mol. The van der Waals surface area contributed by atoms with Crippen LogP contribution in [0.2, 0.25) is 0 Å². The van der Waals surface area contributed by atoms with Crippen LogP contribution in [0.15, 0.2) is 133 Å². The fraction of sp³-hybridized carbons (Fsp3) is 0.208. The largest absolute Gasteiger partial charge is 0.681 e. The van der Waals surface area contributed by atoms with Gasteiger partial charge in [0.05, 0.1) is 28.4 Å². The third kappa shape index (κ3) is 7.24. The molecule has 0 saturated carbocycles. The van der Waals surface area contributed by atoms with Crippen LogP contribution in [0.5, 0.6) is 23.0 Å². The molecule has 2 fully saturated rings. The number of rotatable bonds is 8. The first-order chi connectivity index (χ1) is 27.5. The van der Waals surface area contributed by atoms with E-state index in [0.29, 0.717) is 0 Å². The molecular weight excluding hydrogens is 755 g/mol. The normalized spacial score (nSPS) is 21.9. The summed E-state index contributed by atoms with van der Waals surface area (Å²) in [4.78, 5) is 10.9. The summed E-state index contributed by atoms with van der Waals surface area (Å²) in [5.41, 5.74) is 12.2. The van der Waals surface area contributed by atoms with Crippen LogP contribution in [0, 0.1) is 0 Å². The second-order valence-electron chi connectivity index (χ2n) is 14.2. The Balaban J connectivity index is 0.00000455. The van der Waals surface area contributed by atoms with Gasteiger partial charge in [0.1, 0.15) is 23.0 Å². The molecule has 3 aliphatic heterocycles. The number of methoxy groups -OCH3 is 4. The molecule has 292 valence electrons. The monoisotopic (exact) mass is 796 g/mol.